The molecule has 1 aromatic carbocycles. The average molecular weight is 346 g/mol. The van der Waals surface area contributed by atoms with Crippen molar-refractivity contribution in [3.8, 4) is 0 Å². The fraction of sp³-hybridized carbons (Fsp3) is 0.471. The highest BCUT2D eigenvalue weighted by Crippen LogP contribution is 2.28. The number of rotatable bonds is 7. The molecular weight excluding hydrogens is 322 g/mol. The van der Waals surface area contributed by atoms with E-state index >= 15 is 0 Å². The summed E-state index contributed by atoms with van der Waals surface area (Å²) in [6.07, 6.45) is 0.877. The molecule has 0 aromatic heterocycles. The number of carbonyl (C=O) groups is 2. The van der Waals surface area contributed by atoms with Gasteiger partial charge >= 0.3 is 12.1 Å². The summed E-state index contributed by atoms with van der Waals surface area (Å²) in [5.74, 6) is 0. The molecule has 0 unspecified atom stereocenters. The fourth-order valence-corrected chi connectivity index (χ4v) is 2.56. The maximum absolute atomic E-state index is 11.8. The lowest BCUT2D eigenvalue weighted by Gasteiger charge is -2.23. The lowest BCUT2D eigenvalue weighted by Crippen LogP contribution is -2.35. The maximum Gasteiger partial charge on any atom is 0.375 e. The molecule has 0 spiro atoms. The molecule has 0 saturated carbocycles. The monoisotopic (exact) mass is 346 g/mol. The Morgan fingerprint density at radius 2 is 1.84 bits per heavy atom. The molecule has 0 bridgehead atoms. The predicted molar refractivity (Wildman–Crippen MR) is 95.0 cm³/mol. The molecule has 1 heterocycles. The van der Waals surface area contributed by atoms with Crippen LogP contribution in [0.3, 0.4) is 0 Å². The van der Waals surface area contributed by atoms with Gasteiger partial charge < -0.3 is 9.32 Å². The Hall–Kier alpha value is -2.61. The molecule has 4 amide bonds. The highest BCUT2D eigenvalue weighted by Gasteiger charge is 2.31. The molecule has 134 valence electrons. The van der Waals surface area contributed by atoms with E-state index in [-0.39, 0.29) is 0 Å². The molecule has 0 aliphatic carbocycles. The number of hydrogen-bond acceptors (Lipinski definition) is 4. The second-order valence-electron chi connectivity index (χ2n) is 6.95. The van der Waals surface area contributed by atoms with E-state index in [9.17, 15) is 9.59 Å². The first-order valence-electron chi connectivity index (χ1n) is 8.07. The van der Waals surface area contributed by atoms with Gasteiger partial charge in [-0.1, -0.05) is 27.5 Å². The first-order valence-corrected chi connectivity index (χ1v) is 8.07. The van der Waals surface area contributed by atoms with Gasteiger partial charge in [-0.05, 0) is 25.5 Å². The van der Waals surface area contributed by atoms with E-state index in [1.165, 1.54) is 0 Å². The van der Waals surface area contributed by atoms with Crippen molar-refractivity contribution in [2.24, 2.45) is 15.4 Å². The molecule has 0 saturated heterocycles. The van der Waals surface area contributed by atoms with Gasteiger partial charge in [-0.2, -0.15) is 0 Å². The number of hydrogen-bond donors (Lipinski definition) is 0. The lowest BCUT2D eigenvalue weighted by atomic mass is 10.0. The predicted octanol–water partition coefficient (Wildman–Crippen LogP) is 3.34. The molecule has 0 atom stereocenters. The molecule has 8 heteroatoms. The van der Waals surface area contributed by atoms with Crippen molar-refractivity contribution < 1.29 is 18.9 Å². The van der Waals surface area contributed by atoms with Gasteiger partial charge in [0.2, 0.25) is 0 Å². The third-order valence-corrected chi connectivity index (χ3v) is 3.72. The highest BCUT2D eigenvalue weighted by molar-refractivity contribution is 6.20. The van der Waals surface area contributed by atoms with Crippen molar-refractivity contribution in [3.63, 3.8) is 0 Å². The molecule has 1 aliphatic rings. The van der Waals surface area contributed by atoms with Crippen molar-refractivity contribution in [3.05, 3.63) is 29.3 Å². The molecule has 8 nitrogen and oxygen atoms in total. The van der Waals surface area contributed by atoms with Crippen LogP contribution in [0.1, 0.15) is 24.5 Å². The SMILES string of the molecule is CC(=NOCCC[N+](C)(C)C)c1c(C)cccc1N1C(=O)N=NC1=O. The van der Waals surface area contributed by atoms with Crippen molar-refractivity contribution in [2.45, 2.75) is 20.3 Å². The van der Waals surface area contributed by atoms with Crippen molar-refractivity contribution >= 4 is 23.5 Å². The van der Waals surface area contributed by atoms with E-state index in [1.807, 2.05) is 13.0 Å². The minimum atomic E-state index is -0.700. The first-order chi connectivity index (χ1) is 11.7. The van der Waals surface area contributed by atoms with E-state index in [0.29, 0.717) is 23.6 Å². The van der Waals surface area contributed by atoms with Gasteiger partial charge in [0.1, 0.15) is 6.61 Å². The number of imide groups is 1. The number of oxime groups is 1. The van der Waals surface area contributed by atoms with E-state index < -0.39 is 12.1 Å². The minimum absolute atomic E-state index is 0.413. The number of quaternary nitrogens is 1. The number of benzene rings is 1. The Morgan fingerprint density at radius 1 is 1.20 bits per heavy atom. The summed E-state index contributed by atoms with van der Waals surface area (Å²) in [4.78, 5) is 30.0. The number of anilines is 1. The Morgan fingerprint density at radius 3 is 2.44 bits per heavy atom. The summed E-state index contributed by atoms with van der Waals surface area (Å²) in [5.41, 5.74) is 2.55. The van der Waals surface area contributed by atoms with Gasteiger partial charge in [0.15, 0.2) is 0 Å². The zero-order chi connectivity index (χ0) is 18.6. The van der Waals surface area contributed by atoms with Crippen LogP contribution in [0.15, 0.2) is 33.6 Å². The van der Waals surface area contributed by atoms with Crippen LogP contribution >= 0.6 is 0 Å². The van der Waals surface area contributed by atoms with Crippen LogP contribution in [-0.2, 0) is 4.84 Å². The lowest BCUT2D eigenvalue weighted by molar-refractivity contribution is -0.870. The summed E-state index contributed by atoms with van der Waals surface area (Å²) in [5, 5.41) is 10.8. The Bertz CT molecular complexity index is 716. The quantitative estimate of drug-likeness (QED) is 0.328. The Kier molecular flexibility index (Phi) is 5.63. The van der Waals surface area contributed by atoms with E-state index in [2.05, 4.69) is 36.5 Å². The smallest absolute Gasteiger partial charge is 0.375 e. The van der Waals surface area contributed by atoms with Crippen molar-refractivity contribution in [2.75, 3.05) is 39.2 Å². The normalized spacial score (nSPS) is 15.2. The van der Waals surface area contributed by atoms with Crippen LogP contribution in [-0.4, -0.2) is 56.6 Å². The summed E-state index contributed by atoms with van der Waals surface area (Å²) in [6.45, 7) is 5.14. The van der Waals surface area contributed by atoms with Crippen LogP contribution in [0.5, 0.6) is 0 Å². The number of carbonyl (C=O) groups excluding carboxylic acids is 2. The highest BCUT2D eigenvalue weighted by atomic mass is 16.6. The number of urea groups is 2. The minimum Gasteiger partial charge on any atom is -0.395 e. The van der Waals surface area contributed by atoms with Gasteiger partial charge in [0.25, 0.3) is 0 Å². The van der Waals surface area contributed by atoms with Crippen LogP contribution in [0.2, 0.25) is 0 Å². The average Bonchev–Trinajstić information content (AvgIpc) is 2.84. The van der Waals surface area contributed by atoms with E-state index in [4.69, 9.17) is 4.84 Å². The molecular formula is C17H24N5O3+. The molecule has 0 N–H and O–H groups in total. The van der Waals surface area contributed by atoms with E-state index in [0.717, 1.165) is 27.9 Å². The Balaban J connectivity index is 2.16. The zero-order valence-corrected chi connectivity index (χ0v) is 15.3. The summed E-state index contributed by atoms with van der Waals surface area (Å²) < 4.78 is 0.861. The van der Waals surface area contributed by atoms with Gasteiger partial charge in [-0.3, -0.25) is 0 Å². The fourth-order valence-electron chi connectivity index (χ4n) is 2.56. The van der Waals surface area contributed by atoms with Gasteiger partial charge in [-0.25, -0.2) is 14.5 Å². The second kappa shape index (κ2) is 7.52. The third-order valence-electron chi connectivity index (χ3n) is 3.72. The van der Waals surface area contributed by atoms with Gasteiger partial charge in [0, 0.05) is 12.0 Å². The van der Waals surface area contributed by atoms with Crippen molar-refractivity contribution in [1.29, 1.82) is 0 Å². The maximum atomic E-state index is 11.8. The summed E-state index contributed by atoms with van der Waals surface area (Å²) in [7, 11) is 6.36. The topological polar surface area (TPSA) is 83.7 Å². The van der Waals surface area contributed by atoms with Crippen LogP contribution in [0.25, 0.3) is 0 Å². The molecule has 0 fully saturated rings. The second-order valence-corrected chi connectivity index (χ2v) is 6.95. The first kappa shape index (κ1) is 18.7. The van der Waals surface area contributed by atoms with Gasteiger partial charge in [-0.15, -0.1) is 0 Å². The molecule has 1 aromatic rings. The third kappa shape index (κ3) is 4.69. The van der Waals surface area contributed by atoms with Crippen LogP contribution < -0.4 is 4.90 Å². The van der Waals surface area contributed by atoms with Crippen LogP contribution in [0, 0.1) is 6.92 Å². The standard InChI is InChI=1S/C17H24N5O3/c1-12-8-6-9-14(21-16(23)18-19-17(21)24)15(12)13(2)20-25-11-7-10-22(3,4)5/h6,8-9H,7,10-11H2,1-5H3/q+1. The Labute approximate surface area is 147 Å². The van der Waals surface area contributed by atoms with Crippen molar-refractivity contribution in [1.82, 2.24) is 0 Å². The summed E-state index contributed by atoms with van der Waals surface area (Å²) >= 11 is 0. The van der Waals surface area contributed by atoms with Crippen LogP contribution in [0.4, 0.5) is 15.3 Å². The van der Waals surface area contributed by atoms with Gasteiger partial charge in [0.05, 0.1) is 39.1 Å². The largest absolute Gasteiger partial charge is 0.395 e. The number of nitrogens with zero attached hydrogens (tertiary/aromatic N) is 5. The number of amides is 4. The molecule has 2 rings (SSSR count). The van der Waals surface area contributed by atoms with E-state index in [1.54, 1.807) is 19.1 Å². The zero-order valence-electron chi connectivity index (χ0n) is 15.3. The molecule has 25 heavy (non-hydrogen) atoms. The molecule has 1 aliphatic heterocycles. The number of aryl methyl sites for hydroxylation is 1. The number of azo groups is 1. The summed E-state index contributed by atoms with van der Waals surface area (Å²) in [6, 6.07) is 3.92. The molecule has 0 radical (unpaired) electrons.